The number of amides is 1. The maximum Gasteiger partial charge on any atom is 0.320 e. The molecule has 1 atom stereocenters. The third-order valence-corrected chi connectivity index (χ3v) is 5.10. The van der Waals surface area contributed by atoms with Gasteiger partial charge in [0.15, 0.2) is 4.33 Å². The number of alkyl halides is 2. The van der Waals surface area contributed by atoms with Gasteiger partial charge in [-0.2, -0.15) is 0 Å². The van der Waals surface area contributed by atoms with Crippen LogP contribution >= 0.6 is 46.6 Å². The van der Waals surface area contributed by atoms with Crippen molar-refractivity contribution in [3.05, 3.63) is 58.8 Å². The summed E-state index contributed by atoms with van der Waals surface area (Å²) in [6, 6.07) is 9.80. The van der Waals surface area contributed by atoms with Crippen LogP contribution < -0.4 is 5.32 Å². The summed E-state index contributed by atoms with van der Waals surface area (Å²) < 4.78 is 3.33. The maximum atomic E-state index is 12.2. The van der Waals surface area contributed by atoms with Crippen LogP contribution in [0.1, 0.15) is 5.56 Å². The van der Waals surface area contributed by atoms with E-state index in [0.717, 1.165) is 5.56 Å². The Labute approximate surface area is 165 Å². The molecule has 0 saturated carbocycles. The zero-order valence-electron chi connectivity index (χ0n) is 13.3. The molecule has 0 saturated heterocycles. The number of carbonyl (C=O) groups is 2. The van der Waals surface area contributed by atoms with Crippen molar-refractivity contribution in [1.29, 1.82) is 0 Å². The van der Waals surface area contributed by atoms with Crippen molar-refractivity contribution in [3.63, 3.8) is 0 Å². The molecule has 4 nitrogen and oxygen atoms in total. The molecule has 1 N–H and O–H groups in total. The number of nitrogens with one attached hydrogen (secondary N) is 1. The van der Waals surface area contributed by atoms with E-state index in [0.29, 0.717) is 5.75 Å². The molecule has 0 aliphatic heterocycles. The molecular weight excluding hydrogens is 405 g/mol. The van der Waals surface area contributed by atoms with E-state index in [1.54, 1.807) is 0 Å². The molecule has 134 valence electrons. The van der Waals surface area contributed by atoms with Gasteiger partial charge in [-0.3, -0.25) is 9.59 Å². The summed E-state index contributed by atoms with van der Waals surface area (Å²) in [6.45, 7) is 0. The number of benzene rings is 1. The smallest absolute Gasteiger partial charge is 0.320 e. The number of hydrogen-bond acceptors (Lipinski definition) is 4. The van der Waals surface area contributed by atoms with E-state index in [2.05, 4.69) is 5.32 Å². The Hall–Kier alpha value is -1.14. The third kappa shape index (κ3) is 5.96. The molecule has 0 heterocycles. The van der Waals surface area contributed by atoms with Crippen molar-refractivity contribution in [1.82, 2.24) is 5.32 Å². The summed E-state index contributed by atoms with van der Waals surface area (Å²) in [7, 11) is 1.24. The number of rotatable bonds is 6. The van der Waals surface area contributed by atoms with Crippen LogP contribution in [-0.2, 0) is 20.1 Å². The number of allylic oxidation sites excluding steroid dienone is 2. The van der Waals surface area contributed by atoms with E-state index in [1.165, 1.54) is 31.0 Å². The number of halogens is 3. The van der Waals surface area contributed by atoms with Crippen LogP contribution in [0.4, 0.5) is 0 Å². The molecule has 1 aliphatic rings. The van der Waals surface area contributed by atoms with E-state index >= 15 is 0 Å². The molecule has 1 aromatic rings. The maximum absolute atomic E-state index is 12.2. The van der Waals surface area contributed by atoms with Crippen molar-refractivity contribution >= 4 is 58.4 Å². The van der Waals surface area contributed by atoms with Gasteiger partial charge in [0, 0.05) is 16.5 Å². The Morgan fingerprint density at radius 2 is 1.92 bits per heavy atom. The first-order valence-electron chi connectivity index (χ1n) is 7.30. The largest absolute Gasteiger partial charge is 0.468 e. The molecule has 8 heteroatoms. The van der Waals surface area contributed by atoms with Crippen LogP contribution in [0.2, 0.25) is 0 Å². The van der Waals surface area contributed by atoms with E-state index in [4.69, 9.17) is 39.5 Å². The predicted octanol–water partition coefficient (Wildman–Crippen LogP) is 4.02. The molecule has 1 aliphatic carbocycles. The van der Waals surface area contributed by atoms with E-state index in [9.17, 15) is 9.59 Å². The van der Waals surface area contributed by atoms with E-state index < -0.39 is 16.2 Å². The van der Waals surface area contributed by atoms with Gasteiger partial charge in [0.1, 0.15) is 5.92 Å². The van der Waals surface area contributed by atoms with Crippen molar-refractivity contribution in [2.75, 3.05) is 12.9 Å². The normalized spacial score (nSPS) is 18.8. The topological polar surface area (TPSA) is 55.4 Å². The first-order valence-corrected chi connectivity index (χ1v) is 9.59. The Bertz CT molecular complexity index is 704. The third-order valence-electron chi connectivity index (χ3n) is 3.33. The second-order valence-electron chi connectivity index (χ2n) is 5.29. The number of thioether (sulfide) groups is 1. The highest BCUT2D eigenvalue weighted by Crippen LogP contribution is 2.38. The number of carbonyl (C=O) groups excluding carboxylic acids is 2. The molecule has 1 unspecified atom stereocenters. The number of ether oxygens (including phenoxy) is 1. The van der Waals surface area contributed by atoms with Crippen LogP contribution in [0.25, 0.3) is 0 Å². The van der Waals surface area contributed by atoms with E-state index in [1.807, 2.05) is 30.3 Å². The summed E-state index contributed by atoms with van der Waals surface area (Å²) >= 11 is 19.7. The highest BCUT2D eigenvalue weighted by Gasteiger charge is 2.36. The minimum Gasteiger partial charge on any atom is -0.468 e. The monoisotopic (exact) mass is 419 g/mol. The molecule has 0 spiro atoms. The summed E-state index contributed by atoms with van der Waals surface area (Å²) in [6.07, 6.45) is 2.71. The van der Waals surface area contributed by atoms with Crippen LogP contribution in [-0.4, -0.2) is 29.1 Å². The molecular formula is C17H16Cl3NO3S. The lowest BCUT2D eigenvalue weighted by Gasteiger charge is -2.26. The molecule has 0 fully saturated rings. The number of methoxy groups -OCH3 is 1. The van der Waals surface area contributed by atoms with Crippen molar-refractivity contribution in [3.8, 4) is 0 Å². The van der Waals surface area contributed by atoms with Gasteiger partial charge in [0.05, 0.1) is 12.9 Å². The van der Waals surface area contributed by atoms with Gasteiger partial charge >= 0.3 is 5.97 Å². The Morgan fingerprint density at radius 3 is 2.56 bits per heavy atom. The quantitative estimate of drug-likeness (QED) is 0.558. The van der Waals surface area contributed by atoms with Crippen molar-refractivity contribution < 1.29 is 14.3 Å². The summed E-state index contributed by atoms with van der Waals surface area (Å²) in [5, 5.41) is 2.77. The average Bonchev–Trinajstić information content (AvgIpc) is 2.54. The van der Waals surface area contributed by atoms with E-state index in [-0.39, 0.29) is 22.4 Å². The molecule has 0 bridgehead atoms. The summed E-state index contributed by atoms with van der Waals surface area (Å²) in [5.74, 6) is -0.923. The van der Waals surface area contributed by atoms with Crippen molar-refractivity contribution in [2.24, 2.45) is 5.92 Å². The van der Waals surface area contributed by atoms with Crippen molar-refractivity contribution in [2.45, 2.75) is 10.1 Å². The Balaban J connectivity index is 1.99. The molecule has 0 radical (unpaired) electrons. The fraction of sp³-hybridized carbons (Fsp3) is 0.294. The van der Waals surface area contributed by atoms with Gasteiger partial charge in [-0.05, 0) is 17.7 Å². The molecule has 1 aromatic carbocycles. The van der Waals surface area contributed by atoms with Gasteiger partial charge in [-0.1, -0.05) is 65.1 Å². The molecule has 1 amide bonds. The van der Waals surface area contributed by atoms with Crippen LogP contribution in [0.3, 0.4) is 0 Å². The van der Waals surface area contributed by atoms with Gasteiger partial charge in [0.25, 0.3) is 0 Å². The zero-order valence-corrected chi connectivity index (χ0v) is 16.4. The minimum absolute atomic E-state index is 0.103. The van der Waals surface area contributed by atoms with Gasteiger partial charge in [-0.25, -0.2) is 0 Å². The second-order valence-corrected chi connectivity index (χ2v) is 8.15. The van der Waals surface area contributed by atoms with Crippen LogP contribution in [0, 0.1) is 5.92 Å². The van der Waals surface area contributed by atoms with Crippen LogP contribution in [0.15, 0.2) is 53.2 Å². The lowest BCUT2D eigenvalue weighted by atomic mass is 9.98. The summed E-state index contributed by atoms with van der Waals surface area (Å²) in [4.78, 5) is 24.2. The fourth-order valence-electron chi connectivity index (χ4n) is 2.25. The summed E-state index contributed by atoms with van der Waals surface area (Å²) in [5.41, 5.74) is 1.34. The standard InChI is InChI=1S/C17H16Cl3NO3S/c1-24-16(23)15-12(18)7-17(19,20)8-13(15)21-14(22)10-25-9-11-5-3-2-4-6-11/h2-8,15H,9-10H2,1H3,(H,21,22). The zero-order chi connectivity index (χ0) is 18.4. The Kier molecular flexibility index (Phi) is 7.25. The average molecular weight is 421 g/mol. The van der Waals surface area contributed by atoms with Crippen LogP contribution in [0.5, 0.6) is 0 Å². The lowest BCUT2D eigenvalue weighted by molar-refractivity contribution is -0.142. The number of hydrogen-bond donors (Lipinski definition) is 1. The lowest BCUT2D eigenvalue weighted by Crippen LogP contribution is -2.36. The number of esters is 1. The molecule has 25 heavy (non-hydrogen) atoms. The second kappa shape index (κ2) is 8.99. The SMILES string of the molecule is COC(=O)C1C(Cl)=CC(Cl)(Cl)C=C1NC(=O)CSCc1ccccc1. The molecule has 2 rings (SSSR count). The van der Waals surface area contributed by atoms with Gasteiger partial charge < -0.3 is 10.1 Å². The Morgan fingerprint density at radius 1 is 1.24 bits per heavy atom. The minimum atomic E-state index is -1.40. The highest BCUT2D eigenvalue weighted by molar-refractivity contribution is 7.99. The van der Waals surface area contributed by atoms with Gasteiger partial charge in [0.2, 0.25) is 5.91 Å². The first kappa shape index (κ1) is 20.2. The van der Waals surface area contributed by atoms with Gasteiger partial charge in [-0.15, -0.1) is 11.8 Å². The fourth-order valence-corrected chi connectivity index (χ4v) is 4.00. The predicted molar refractivity (Wildman–Crippen MR) is 103 cm³/mol. The molecule has 0 aromatic heterocycles. The first-order chi connectivity index (χ1) is 11.8. The highest BCUT2D eigenvalue weighted by atomic mass is 35.5.